The molecule has 2 unspecified atom stereocenters. The Hall–Kier alpha value is -0.890. The number of guanidine groups is 1. The monoisotopic (exact) mass is 381 g/mol. The predicted molar refractivity (Wildman–Crippen MR) is 109 cm³/mol. The van der Waals surface area contributed by atoms with Gasteiger partial charge in [-0.2, -0.15) is 0 Å². The molecule has 0 aromatic carbocycles. The molecule has 3 aliphatic rings. The summed E-state index contributed by atoms with van der Waals surface area (Å²) in [6.45, 7) is 18.7. The molecule has 0 spiro atoms. The molecule has 0 aliphatic carbocycles. The van der Waals surface area contributed by atoms with Crippen molar-refractivity contribution in [3.63, 3.8) is 0 Å². The molecule has 7 heteroatoms. The second kappa shape index (κ2) is 11.2. The van der Waals surface area contributed by atoms with Crippen molar-refractivity contribution in [1.29, 1.82) is 0 Å². The Morgan fingerprint density at radius 3 is 2.37 bits per heavy atom. The first-order valence-electron chi connectivity index (χ1n) is 10.9. The summed E-state index contributed by atoms with van der Waals surface area (Å²) in [6, 6.07) is 0. The third kappa shape index (κ3) is 6.89. The SMILES string of the molecule is CCNC(=NCC(C)CN1CCOCC1)N1CCC(CN2CCOCC2)C1. The maximum Gasteiger partial charge on any atom is 0.193 e. The highest BCUT2D eigenvalue weighted by Gasteiger charge is 2.27. The van der Waals surface area contributed by atoms with Gasteiger partial charge in [0.25, 0.3) is 0 Å². The van der Waals surface area contributed by atoms with E-state index in [1.165, 1.54) is 13.0 Å². The van der Waals surface area contributed by atoms with Crippen molar-refractivity contribution in [1.82, 2.24) is 20.0 Å². The van der Waals surface area contributed by atoms with E-state index in [0.717, 1.165) is 97.2 Å². The van der Waals surface area contributed by atoms with Crippen LogP contribution in [-0.4, -0.2) is 113 Å². The predicted octanol–water partition coefficient (Wildman–Crippen LogP) is 0.574. The fourth-order valence-corrected chi connectivity index (χ4v) is 4.27. The molecule has 0 bridgehead atoms. The van der Waals surface area contributed by atoms with Gasteiger partial charge in [0.15, 0.2) is 5.96 Å². The minimum Gasteiger partial charge on any atom is -0.379 e. The van der Waals surface area contributed by atoms with Gasteiger partial charge in [-0.25, -0.2) is 0 Å². The van der Waals surface area contributed by atoms with Gasteiger partial charge in [-0.15, -0.1) is 0 Å². The van der Waals surface area contributed by atoms with Gasteiger partial charge >= 0.3 is 0 Å². The van der Waals surface area contributed by atoms with Crippen molar-refractivity contribution >= 4 is 5.96 Å². The van der Waals surface area contributed by atoms with Crippen LogP contribution in [0.1, 0.15) is 20.3 Å². The highest BCUT2D eigenvalue weighted by molar-refractivity contribution is 5.80. The number of morpholine rings is 2. The molecule has 2 atom stereocenters. The number of aliphatic imine (C=N–C) groups is 1. The fourth-order valence-electron chi connectivity index (χ4n) is 4.27. The van der Waals surface area contributed by atoms with Gasteiger partial charge in [-0.05, 0) is 25.2 Å². The minimum absolute atomic E-state index is 0.573. The summed E-state index contributed by atoms with van der Waals surface area (Å²) in [5.41, 5.74) is 0. The molecule has 0 amide bonds. The Morgan fingerprint density at radius 2 is 1.70 bits per heavy atom. The summed E-state index contributed by atoms with van der Waals surface area (Å²) < 4.78 is 10.9. The van der Waals surface area contributed by atoms with Gasteiger partial charge in [0, 0.05) is 65.4 Å². The van der Waals surface area contributed by atoms with Crippen LogP contribution < -0.4 is 5.32 Å². The van der Waals surface area contributed by atoms with Crippen molar-refractivity contribution < 1.29 is 9.47 Å². The molecular formula is C20H39N5O2. The first-order chi connectivity index (χ1) is 13.2. The summed E-state index contributed by atoms with van der Waals surface area (Å²) >= 11 is 0. The Kier molecular flexibility index (Phi) is 8.64. The minimum atomic E-state index is 0.573. The Bertz CT molecular complexity index is 450. The van der Waals surface area contributed by atoms with E-state index >= 15 is 0 Å². The quantitative estimate of drug-likeness (QED) is 0.514. The van der Waals surface area contributed by atoms with Crippen LogP contribution in [0.15, 0.2) is 4.99 Å². The lowest BCUT2D eigenvalue weighted by Crippen LogP contribution is -2.43. The van der Waals surface area contributed by atoms with E-state index in [2.05, 4.69) is 33.9 Å². The van der Waals surface area contributed by atoms with Gasteiger partial charge in [0.2, 0.25) is 0 Å². The number of hydrogen-bond donors (Lipinski definition) is 1. The maximum absolute atomic E-state index is 5.47. The van der Waals surface area contributed by atoms with Gasteiger partial charge in [0.05, 0.1) is 26.4 Å². The molecule has 3 aliphatic heterocycles. The van der Waals surface area contributed by atoms with Crippen molar-refractivity contribution in [2.75, 3.05) is 91.9 Å². The van der Waals surface area contributed by atoms with Gasteiger partial charge in [-0.1, -0.05) is 6.92 Å². The van der Waals surface area contributed by atoms with Crippen LogP contribution in [0.5, 0.6) is 0 Å². The zero-order chi connectivity index (χ0) is 18.9. The van der Waals surface area contributed by atoms with E-state index in [-0.39, 0.29) is 0 Å². The van der Waals surface area contributed by atoms with E-state index in [0.29, 0.717) is 5.92 Å². The number of nitrogens with one attached hydrogen (secondary N) is 1. The van der Waals surface area contributed by atoms with Crippen molar-refractivity contribution in [3.05, 3.63) is 0 Å². The molecule has 3 rings (SSSR count). The van der Waals surface area contributed by atoms with Crippen molar-refractivity contribution in [2.45, 2.75) is 20.3 Å². The van der Waals surface area contributed by atoms with Gasteiger partial charge in [0.1, 0.15) is 0 Å². The second-order valence-corrected chi connectivity index (χ2v) is 8.23. The highest BCUT2D eigenvalue weighted by atomic mass is 16.5. The highest BCUT2D eigenvalue weighted by Crippen LogP contribution is 2.18. The van der Waals surface area contributed by atoms with Crippen LogP contribution in [0.3, 0.4) is 0 Å². The Labute approximate surface area is 165 Å². The lowest BCUT2D eigenvalue weighted by molar-refractivity contribution is 0.0315. The molecule has 27 heavy (non-hydrogen) atoms. The van der Waals surface area contributed by atoms with Crippen LogP contribution in [0, 0.1) is 11.8 Å². The number of likely N-dealkylation sites (tertiary alicyclic amines) is 1. The Balaban J connectivity index is 1.44. The van der Waals surface area contributed by atoms with Crippen LogP contribution in [-0.2, 0) is 9.47 Å². The summed E-state index contributed by atoms with van der Waals surface area (Å²) in [5, 5.41) is 3.52. The molecule has 0 aromatic rings. The molecular weight excluding hydrogens is 342 g/mol. The van der Waals surface area contributed by atoms with E-state index < -0.39 is 0 Å². The van der Waals surface area contributed by atoms with E-state index in [1.54, 1.807) is 0 Å². The molecule has 1 N–H and O–H groups in total. The molecule has 3 saturated heterocycles. The van der Waals surface area contributed by atoms with Gasteiger partial charge < -0.3 is 19.7 Å². The largest absolute Gasteiger partial charge is 0.379 e. The summed E-state index contributed by atoms with van der Waals surface area (Å²) in [5.74, 6) is 2.43. The zero-order valence-corrected chi connectivity index (χ0v) is 17.4. The second-order valence-electron chi connectivity index (χ2n) is 8.23. The summed E-state index contributed by atoms with van der Waals surface area (Å²) in [7, 11) is 0. The maximum atomic E-state index is 5.47. The number of hydrogen-bond acceptors (Lipinski definition) is 5. The average molecular weight is 382 g/mol. The standard InChI is InChI=1S/C20H39N5O2/c1-3-21-20(22-14-18(2)15-23-6-10-26-11-7-23)25-5-4-19(17-25)16-24-8-12-27-13-9-24/h18-19H,3-17H2,1-2H3,(H,21,22). The number of ether oxygens (including phenoxy) is 2. The van der Waals surface area contributed by atoms with Crippen LogP contribution in [0.2, 0.25) is 0 Å². The van der Waals surface area contributed by atoms with E-state index in [1.807, 2.05) is 0 Å². The van der Waals surface area contributed by atoms with Crippen LogP contribution >= 0.6 is 0 Å². The van der Waals surface area contributed by atoms with Crippen molar-refractivity contribution in [2.24, 2.45) is 16.8 Å². The summed E-state index contributed by atoms with van der Waals surface area (Å²) in [6.07, 6.45) is 1.27. The zero-order valence-electron chi connectivity index (χ0n) is 17.4. The lowest BCUT2D eigenvalue weighted by atomic mass is 10.1. The topological polar surface area (TPSA) is 52.6 Å². The van der Waals surface area contributed by atoms with Crippen LogP contribution in [0.4, 0.5) is 0 Å². The lowest BCUT2D eigenvalue weighted by Gasteiger charge is -2.29. The molecule has 3 heterocycles. The third-order valence-corrected chi connectivity index (χ3v) is 5.77. The third-order valence-electron chi connectivity index (χ3n) is 5.77. The smallest absolute Gasteiger partial charge is 0.193 e. The summed E-state index contributed by atoms with van der Waals surface area (Å²) in [4.78, 5) is 12.5. The van der Waals surface area contributed by atoms with Crippen molar-refractivity contribution in [3.8, 4) is 0 Å². The molecule has 0 radical (unpaired) electrons. The molecule has 156 valence electrons. The fraction of sp³-hybridized carbons (Fsp3) is 0.950. The molecule has 7 nitrogen and oxygen atoms in total. The average Bonchev–Trinajstić information content (AvgIpc) is 3.15. The van der Waals surface area contributed by atoms with Gasteiger partial charge in [-0.3, -0.25) is 14.8 Å². The Morgan fingerprint density at radius 1 is 1.04 bits per heavy atom. The first-order valence-corrected chi connectivity index (χ1v) is 10.9. The molecule has 0 aromatic heterocycles. The number of nitrogens with zero attached hydrogens (tertiary/aromatic N) is 4. The van der Waals surface area contributed by atoms with Crippen LogP contribution in [0.25, 0.3) is 0 Å². The van der Waals surface area contributed by atoms with E-state index in [9.17, 15) is 0 Å². The van der Waals surface area contributed by atoms with E-state index in [4.69, 9.17) is 14.5 Å². The number of rotatable bonds is 7. The first kappa shape index (κ1) is 20.8. The normalized spacial score (nSPS) is 27.1. The molecule has 3 fully saturated rings. The molecule has 0 saturated carbocycles.